The molecule has 0 saturated heterocycles. The number of thioether (sulfide) groups is 1. The van der Waals surface area contributed by atoms with Gasteiger partial charge in [-0.05, 0) is 69.3 Å². The molecule has 1 heterocycles. The van der Waals surface area contributed by atoms with Crippen molar-refractivity contribution in [3.8, 4) is 22.9 Å². The fourth-order valence-electron chi connectivity index (χ4n) is 3.99. The van der Waals surface area contributed by atoms with Crippen LogP contribution < -0.4 is 24.8 Å². The second kappa shape index (κ2) is 14.9. The van der Waals surface area contributed by atoms with E-state index in [-0.39, 0.29) is 29.9 Å². The third-order valence-corrected chi connectivity index (χ3v) is 6.68. The van der Waals surface area contributed by atoms with E-state index in [1.54, 1.807) is 16.7 Å². The van der Waals surface area contributed by atoms with E-state index in [0.29, 0.717) is 59.3 Å². The SMILES string of the molecule is CCOc1cc(C(=O)NCc2nnc(SCC(=O)Nc3ccc(F)cc3)n2-c2ccccc2)cc(OCC)c1OCC. The number of amides is 2. The zero-order valence-corrected chi connectivity index (χ0v) is 24.4. The molecule has 0 aliphatic carbocycles. The van der Waals surface area contributed by atoms with E-state index < -0.39 is 0 Å². The molecule has 3 aromatic carbocycles. The number of carbonyl (C=O) groups excluding carboxylic acids is 2. The van der Waals surface area contributed by atoms with Crippen LogP contribution in [0, 0.1) is 5.82 Å². The Hall–Kier alpha value is -4.58. The van der Waals surface area contributed by atoms with Crippen molar-refractivity contribution in [2.75, 3.05) is 30.9 Å². The van der Waals surface area contributed by atoms with E-state index in [4.69, 9.17) is 14.2 Å². The van der Waals surface area contributed by atoms with Gasteiger partial charge in [0, 0.05) is 16.9 Å². The number of carbonyl (C=O) groups is 2. The molecule has 4 aromatic rings. The Bertz CT molecular complexity index is 1470. The van der Waals surface area contributed by atoms with Gasteiger partial charge in [0.15, 0.2) is 22.5 Å². The standard InChI is InChI=1S/C30H32FN5O5S/c1-4-39-24-16-20(17-25(40-5-2)28(24)41-6-3)29(38)32-18-26-34-35-30(36(26)23-10-8-7-9-11-23)42-19-27(37)33-22-14-12-21(31)13-15-22/h7-17H,4-6,18-19H2,1-3H3,(H,32,38)(H,33,37). The van der Waals surface area contributed by atoms with E-state index in [1.165, 1.54) is 36.0 Å². The second-order valence-electron chi connectivity index (χ2n) is 8.70. The van der Waals surface area contributed by atoms with Gasteiger partial charge >= 0.3 is 0 Å². The molecule has 0 atom stereocenters. The summed E-state index contributed by atoms with van der Waals surface area (Å²) >= 11 is 1.19. The Morgan fingerprint density at radius 3 is 2.14 bits per heavy atom. The van der Waals surface area contributed by atoms with Gasteiger partial charge in [0.2, 0.25) is 11.7 Å². The van der Waals surface area contributed by atoms with Crippen LogP contribution in [0.25, 0.3) is 5.69 Å². The first-order valence-electron chi connectivity index (χ1n) is 13.5. The van der Waals surface area contributed by atoms with Crippen molar-refractivity contribution in [2.24, 2.45) is 0 Å². The maximum absolute atomic E-state index is 13.3. The number of ether oxygens (including phenoxy) is 3. The topological polar surface area (TPSA) is 117 Å². The number of halogens is 1. The van der Waals surface area contributed by atoms with Crippen LogP contribution in [0.3, 0.4) is 0 Å². The predicted octanol–water partition coefficient (Wildman–Crippen LogP) is 5.26. The highest BCUT2D eigenvalue weighted by molar-refractivity contribution is 7.99. The number of nitrogens with one attached hydrogen (secondary N) is 2. The molecule has 0 saturated carbocycles. The third kappa shape index (κ3) is 7.78. The molecule has 0 aliphatic heterocycles. The lowest BCUT2D eigenvalue weighted by atomic mass is 10.1. The first-order valence-corrected chi connectivity index (χ1v) is 14.4. The van der Waals surface area contributed by atoms with Crippen molar-refractivity contribution in [3.05, 3.63) is 83.9 Å². The number of hydrogen-bond donors (Lipinski definition) is 2. The molecule has 0 radical (unpaired) electrons. The largest absolute Gasteiger partial charge is 0.490 e. The fourth-order valence-corrected chi connectivity index (χ4v) is 4.76. The van der Waals surface area contributed by atoms with E-state index in [9.17, 15) is 14.0 Å². The second-order valence-corrected chi connectivity index (χ2v) is 9.64. The summed E-state index contributed by atoms with van der Waals surface area (Å²) in [6, 6.07) is 18.2. The van der Waals surface area contributed by atoms with E-state index in [0.717, 1.165) is 5.69 Å². The van der Waals surface area contributed by atoms with Gasteiger partial charge in [-0.15, -0.1) is 10.2 Å². The van der Waals surface area contributed by atoms with Crippen LogP contribution in [0.15, 0.2) is 71.9 Å². The molecule has 4 rings (SSSR count). The average molecular weight is 594 g/mol. The quantitative estimate of drug-likeness (QED) is 0.190. The zero-order chi connectivity index (χ0) is 29.9. The van der Waals surface area contributed by atoms with Crippen LogP contribution >= 0.6 is 11.8 Å². The van der Waals surface area contributed by atoms with Crippen molar-refractivity contribution in [2.45, 2.75) is 32.5 Å². The van der Waals surface area contributed by atoms with Crippen molar-refractivity contribution in [1.29, 1.82) is 0 Å². The molecule has 12 heteroatoms. The number of benzene rings is 3. The molecule has 220 valence electrons. The maximum Gasteiger partial charge on any atom is 0.251 e. The highest BCUT2D eigenvalue weighted by Crippen LogP contribution is 2.39. The van der Waals surface area contributed by atoms with E-state index in [2.05, 4.69) is 20.8 Å². The number of rotatable bonds is 14. The zero-order valence-electron chi connectivity index (χ0n) is 23.6. The number of hydrogen-bond acceptors (Lipinski definition) is 8. The molecular formula is C30H32FN5O5S. The highest BCUT2D eigenvalue weighted by atomic mass is 32.2. The van der Waals surface area contributed by atoms with Gasteiger partial charge in [-0.2, -0.15) is 0 Å². The van der Waals surface area contributed by atoms with Crippen molar-refractivity contribution in [3.63, 3.8) is 0 Å². The molecule has 1 aromatic heterocycles. The molecular weight excluding hydrogens is 561 g/mol. The summed E-state index contributed by atoms with van der Waals surface area (Å²) in [5.74, 6) is 0.765. The highest BCUT2D eigenvalue weighted by Gasteiger charge is 2.20. The summed E-state index contributed by atoms with van der Waals surface area (Å²) in [6.45, 7) is 6.81. The molecule has 10 nitrogen and oxygen atoms in total. The summed E-state index contributed by atoms with van der Waals surface area (Å²) in [5, 5.41) is 14.7. The molecule has 0 bridgehead atoms. The Kier molecular flexibility index (Phi) is 10.8. The third-order valence-electron chi connectivity index (χ3n) is 5.75. The van der Waals surface area contributed by atoms with Gasteiger partial charge in [0.25, 0.3) is 5.91 Å². The smallest absolute Gasteiger partial charge is 0.251 e. The maximum atomic E-state index is 13.3. The van der Waals surface area contributed by atoms with Crippen LogP contribution in [0.4, 0.5) is 10.1 Å². The molecule has 0 spiro atoms. The number of aromatic nitrogens is 3. The monoisotopic (exact) mass is 593 g/mol. The van der Waals surface area contributed by atoms with Gasteiger partial charge < -0.3 is 24.8 Å². The average Bonchev–Trinajstić information content (AvgIpc) is 3.41. The number of para-hydroxylation sites is 1. The van der Waals surface area contributed by atoms with Gasteiger partial charge in [0.1, 0.15) is 5.82 Å². The van der Waals surface area contributed by atoms with Crippen molar-refractivity contribution < 1.29 is 28.2 Å². The lowest BCUT2D eigenvalue weighted by Gasteiger charge is -2.17. The molecule has 0 aliphatic rings. The number of nitrogens with zero attached hydrogens (tertiary/aromatic N) is 3. The Morgan fingerprint density at radius 1 is 0.881 bits per heavy atom. The minimum Gasteiger partial charge on any atom is -0.490 e. The van der Waals surface area contributed by atoms with Gasteiger partial charge in [-0.1, -0.05) is 30.0 Å². The van der Waals surface area contributed by atoms with E-state index in [1.807, 2.05) is 51.1 Å². The molecule has 2 amide bonds. The first-order chi connectivity index (χ1) is 20.4. The summed E-state index contributed by atoms with van der Waals surface area (Å²) in [6.07, 6.45) is 0. The normalized spacial score (nSPS) is 10.7. The Labute approximate surface area is 247 Å². The van der Waals surface area contributed by atoms with Crippen LogP contribution in [0.5, 0.6) is 17.2 Å². The van der Waals surface area contributed by atoms with Crippen LogP contribution in [0.2, 0.25) is 0 Å². The summed E-state index contributed by atoms with van der Waals surface area (Å²) in [4.78, 5) is 25.8. The summed E-state index contributed by atoms with van der Waals surface area (Å²) in [5.41, 5.74) is 1.60. The van der Waals surface area contributed by atoms with Gasteiger partial charge in [-0.25, -0.2) is 4.39 Å². The lowest BCUT2D eigenvalue weighted by Crippen LogP contribution is -2.25. The summed E-state index contributed by atoms with van der Waals surface area (Å²) in [7, 11) is 0. The molecule has 0 unspecified atom stereocenters. The van der Waals surface area contributed by atoms with Crippen LogP contribution in [0.1, 0.15) is 37.0 Å². The Morgan fingerprint density at radius 2 is 1.52 bits per heavy atom. The van der Waals surface area contributed by atoms with E-state index >= 15 is 0 Å². The van der Waals surface area contributed by atoms with Crippen LogP contribution in [-0.4, -0.2) is 52.2 Å². The lowest BCUT2D eigenvalue weighted by molar-refractivity contribution is -0.113. The molecule has 0 fully saturated rings. The fraction of sp³-hybridized carbons (Fsp3) is 0.267. The van der Waals surface area contributed by atoms with Gasteiger partial charge in [-0.3, -0.25) is 14.2 Å². The minimum absolute atomic E-state index is 0.0429. The predicted molar refractivity (Wildman–Crippen MR) is 158 cm³/mol. The molecule has 2 N–H and O–H groups in total. The first kappa shape index (κ1) is 30.4. The van der Waals surface area contributed by atoms with Crippen LogP contribution in [-0.2, 0) is 11.3 Å². The van der Waals surface area contributed by atoms with Gasteiger partial charge in [0.05, 0.1) is 32.1 Å². The molecule has 42 heavy (non-hydrogen) atoms. The Balaban J connectivity index is 1.52. The summed E-state index contributed by atoms with van der Waals surface area (Å²) < 4.78 is 32.2. The minimum atomic E-state index is -0.384. The van der Waals surface area contributed by atoms with Crippen molar-refractivity contribution >= 4 is 29.3 Å². The van der Waals surface area contributed by atoms with Crippen molar-refractivity contribution in [1.82, 2.24) is 20.1 Å². The number of anilines is 1.